The Labute approximate surface area is 327 Å². The van der Waals surface area contributed by atoms with E-state index in [-0.39, 0.29) is 36.4 Å². The number of benzene rings is 3. The second kappa shape index (κ2) is 13.6. The lowest BCUT2D eigenvalue weighted by atomic mass is 10.0. The highest BCUT2D eigenvalue weighted by Crippen LogP contribution is 2.42. The number of carbonyl (C=O) groups excluding carboxylic acids is 2. The monoisotopic (exact) mass is 756 g/mol. The lowest BCUT2D eigenvalue weighted by molar-refractivity contribution is 0.0130. The molecule has 2 aliphatic heterocycles. The number of nitrogens with zero attached hydrogens (tertiary/aromatic N) is 6. The largest absolute Gasteiger partial charge is 0.444 e. The van der Waals surface area contributed by atoms with Gasteiger partial charge in [0.15, 0.2) is 0 Å². The minimum absolute atomic E-state index is 0.0292. The number of H-pyrrole nitrogens is 2. The van der Waals surface area contributed by atoms with Crippen molar-refractivity contribution < 1.29 is 19.1 Å². The molecule has 0 unspecified atom stereocenters. The number of aromatic amines is 2. The molecule has 2 amide bonds. The maximum absolute atomic E-state index is 13.3. The Kier molecular flexibility index (Phi) is 9.08. The summed E-state index contributed by atoms with van der Waals surface area (Å²) < 4.78 is 11.6. The topological polar surface area (TPSA) is 142 Å². The van der Waals surface area contributed by atoms with Crippen LogP contribution in [0, 0.1) is 11.8 Å². The quantitative estimate of drug-likeness (QED) is 0.181. The number of aromatic nitrogens is 6. The standard InChI is InChI=1S/C44H52N8O4/c1-23-17-37(51(25(23)3)41(53)55-43(5,6)7)39-47-31-15-12-28(20-34(31)49-39)27-11-14-30-33(19-27)45-22-36(46-30)29-13-16-32-35(21-29)50-40(48-32)38-18-24(2)26(4)52(38)42(54)56-44(8,9)10/h11-16,19-26,37-38H,17-18H2,1-10H3,(H,47,49)(H,48,50)/t23-,24-,25-,26-,37+,38+/m1/s1. The van der Waals surface area contributed by atoms with Gasteiger partial charge in [0, 0.05) is 17.6 Å². The Morgan fingerprint density at radius 1 is 0.607 bits per heavy atom. The molecule has 0 aliphatic carbocycles. The van der Waals surface area contributed by atoms with Crippen molar-refractivity contribution in [3.8, 4) is 22.4 Å². The molecule has 6 atom stereocenters. The number of hydrogen-bond donors (Lipinski definition) is 2. The van der Waals surface area contributed by atoms with Crippen LogP contribution >= 0.6 is 0 Å². The third kappa shape index (κ3) is 7.05. The van der Waals surface area contributed by atoms with E-state index in [2.05, 4.69) is 61.9 Å². The van der Waals surface area contributed by atoms with Crippen LogP contribution in [0.4, 0.5) is 9.59 Å². The van der Waals surface area contributed by atoms with Crippen LogP contribution in [0.15, 0.2) is 60.8 Å². The molecule has 6 aromatic rings. The number of ether oxygens (including phenoxy) is 2. The minimum atomic E-state index is -0.583. The third-order valence-corrected chi connectivity index (χ3v) is 11.4. The van der Waals surface area contributed by atoms with Gasteiger partial charge in [0.1, 0.15) is 22.9 Å². The van der Waals surface area contributed by atoms with Crippen molar-refractivity contribution in [1.82, 2.24) is 39.7 Å². The molecule has 12 heteroatoms. The second-order valence-electron chi connectivity index (χ2n) is 17.9. The van der Waals surface area contributed by atoms with Crippen molar-refractivity contribution in [2.24, 2.45) is 11.8 Å². The maximum atomic E-state index is 13.3. The second-order valence-corrected chi connectivity index (χ2v) is 17.9. The summed E-state index contributed by atoms with van der Waals surface area (Å²) in [7, 11) is 0. The van der Waals surface area contributed by atoms with Crippen LogP contribution in [0.5, 0.6) is 0 Å². The zero-order valence-electron chi connectivity index (χ0n) is 34.0. The van der Waals surface area contributed by atoms with Crippen LogP contribution in [0.3, 0.4) is 0 Å². The van der Waals surface area contributed by atoms with Crippen LogP contribution in [0.1, 0.15) is 106 Å². The summed E-state index contributed by atoms with van der Waals surface area (Å²) in [4.78, 5) is 56.9. The van der Waals surface area contributed by atoms with Crippen LogP contribution in [0.2, 0.25) is 0 Å². The fourth-order valence-corrected chi connectivity index (χ4v) is 8.19. The van der Waals surface area contributed by atoms with E-state index in [0.29, 0.717) is 11.8 Å². The molecule has 2 saturated heterocycles. The van der Waals surface area contributed by atoms with Crippen molar-refractivity contribution in [2.75, 3.05) is 0 Å². The van der Waals surface area contributed by atoms with Crippen molar-refractivity contribution in [1.29, 1.82) is 0 Å². The summed E-state index contributed by atoms with van der Waals surface area (Å²) in [6.07, 6.45) is 2.79. The lowest BCUT2D eigenvalue weighted by Gasteiger charge is -2.31. The average molecular weight is 757 g/mol. The SMILES string of the molecule is C[C@@H]1C[C@@H](c2nc3ccc(-c4ccc5nc(-c6ccc7nc([C@@H]8C[C@@H](C)[C@@H](C)N8C(=O)OC(C)(C)C)[nH]c7c6)cnc5c4)cc3[nH]2)N(C(=O)OC(C)(C)C)[C@@H]1C. The van der Waals surface area contributed by atoms with Crippen LogP contribution in [-0.4, -0.2) is 75.2 Å². The Balaban J connectivity index is 1.03. The van der Waals surface area contributed by atoms with Crippen molar-refractivity contribution in [3.05, 3.63) is 72.4 Å². The van der Waals surface area contributed by atoms with Gasteiger partial charge in [-0.15, -0.1) is 0 Å². The van der Waals surface area contributed by atoms with Gasteiger partial charge in [-0.25, -0.2) is 24.5 Å². The molecule has 292 valence electrons. The smallest absolute Gasteiger partial charge is 0.411 e. The van der Waals surface area contributed by atoms with Crippen molar-refractivity contribution in [3.63, 3.8) is 0 Å². The van der Waals surface area contributed by atoms with E-state index >= 15 is 0 Å². The molecule has 0 bridgehead atoms. The molecule has 3 aromatic carbocycles. The predicted octanol–water partition coefficient (Wildman–Crippen LogP) is 10.1. The van der Waals surface area contributed by atoms with Gasteiger partial charge < -0.3 is 19.4 Å². The van der Waals surface area contributed by atoms with E-state index in [9.17, 15) is 9.59 Å². The molecule has 2 aliphatic rings. The number of amides is 2. The van der Waals surface area contributed by atoms with Crippen molar-refractivity contribution in [2.45, 2.75) is 117 Å². The van der Waals surface area contributed by atoms with Gasteiger partial charge in [-0.2, -0.15) is 0 Å². The Hall–Kier alpha value is -5.52. The number of hydrogen-bond acceptors (Lipinski definition) is 8. The number of carbonyl (C=O) groups is 2. The molecule has 56 heavy (non-hydrogen) atoms. The summed E-state index contributed by atoms with van der Waals surface area (Å²) in [6, 6.07) is 18.0. The molecule has 0 radical (unpaired) electrons. The third-order valence-electron chi connectivity index (χ3n) is 11.4. The van der Waals surface area contributed by atoms with E-state index in [1.54, 1.807) is 6.20 Å². The normalized spacial score (nSPS) is 23.1. The first-order valence-electron chi connectivity index (χ1n) is 19.7. The highest BCUT2D eigenvalue weighted by Gasteiger charge is 2.44. The zero-order chi connectivity index (χ0) is 39.8. The van der Waals surface area contributed by atoms with E-state index in [1.165, 1.54) is 0 Å². The van der Waals surface area contributed by atoms with Gasteiger partial charge in [-0.3, -0.25) is 14.8 Å². The highest BCUT2D eigenvalue weighted by molar-refractivity contribution is 5.88. The van der Waals surface area contributed by atoms with E-state index in [4.69, 9.17) is 29.4 Å². The maximum Gasteiger partial charge on any atom is 0.411 e. The van der Waals surface area contributed by atoms with Crippen LogP contribution in [-0.2, 0) is 9.47 Å². The van der Waals surface area contributed by atoms with Gasteiger partial charge in [-0.05, 0) is 128 Å². The molecule has 2 fully saturated rings. The summed E-state index contributed by atoms with van der Waals surface area (Å²) in [5, 5.41) is 0. The van der Waals surface area contributed by atoms with E-state index in [0.717, 1.165) is 80.0 Å². The summed E-state index contributed by atoms with van der Waals surface area (Å²) in [5.74, 6) is 2.14. The first kappa shape index (κ1) is 37.4. The number of nitrogens with one attached hydrogen (secondary N) is 2. The highest BCUT2D eigenvalue weighted by atomic mass is 16.6. The van der Waals surface area contributed by atoms with Gasteiger partial charge in [0.25, 0.3) is 0 Å². The fraction of sp³-hybridized carbons (Fsp3) is 0.455. The number of likely N-dealkylation sites (tertiary alicyclic amines) is 2. The average Bonchev–Trinajstić information content (AvgIpc) is 3.89. The lowest BCUT2D eigenvalue weighted by Crippen LogP contribution is -2.41. The van der Waals surface area contributed by atoms with Gasteiger partial charge in [0.05, 0.1) is 57.1 Å². The van der Waals surface area contributed by atoms with Crippen LogP contribution in [0.25, 0.3) is 55.5 Å². The number of rotatable bonds is 4. The van der Waals surface area contributed by atoms with Gasteiger partial charge >= 0.3 is 12.2 Å². The Morgan fingerprint density at radius 3 is 1.55 bits per heavy atom. The number of imidazole rings is 2. The summed E-state index contributed by atoms with van der Waals surface area (Å²) in [5.41, 5.74) is 7.57. The molecule has 2 N–H and O–H groups in total. The van der Waals surface area contributed by atoms with Crippen LogP contribution < -0.4 is 0 Å². The zero-order valence-corrected chi connectivity index (χ0v) is 34.0. The molecule has 8 rings (SSSR count). The summed E-state index contributed by atoms with van der Waals surface area (Å²) >= 11 is 0. The number of fused-ring (bicyclic) bond motifs is 3. The molecule has 12 nitrogen and oxygen atoms in total. The minimum Gasteiger partial charge on any atom is -0.444 e. The molecule has 0 spiro atoms. The molecule has 5 heterocycles. The first-order chi connectivity index (χ1) is 26.4. The van der Waals surface area contributed by atoms with Gasteiger partial charge in [0.2, 0.25) is 0 Å². The Bertz CT molecular complexity index is 2300. The molecular weight excluding hydrogens is 705 g/mol. The molecule has 0 saturated carbocycles. The summed E-state index contributed by atoms with van der Waals surface area (Å²) in [6.45, 7) is 19.8. The predicted molar refractivity (Wildman–Crippen MR) is 218 cm³/mol. The Morgan fingerprint density at radius 2 is 1.05 bits per heavy atom. The van der Waals surface area contributed by atoms with Gasteiger partial charge in [-0.1, -0.05) is 32.0 Å². The van der Waals surface area contributed by atoms with Crippen molar-refractivity contribution >= 4 is 45.3 Å². The molecular formula is C44H52N8O4. The fourth-order valence-electron chi connectivity index (χ4n) is 8.19. The molecule has 3 aromatic heterocycles. The first-order valence-corrected chi connectivity index (χ1v) is 19.7. The van der Waals surface area contributed by atoms with E-state index < -0.39 is 11.2 Å². The van der Waals surface area contributed by atoms with E-state index in [1.807, 2.05) is 81.7 Å².